The quantitative estimate of drug-likeness (QED) is 0.825. The number of hydrogen-bond acceptors (Lipinski definition) is 3. The Kier molecular flexibility index (Phi) is 4.45. The highest BCUT2D eigenvalue weighted by atomic mass is 16.5. The zero-order valence-electron chi connectivity index (χ0n) is 12.0. The van der Waals surface area contributed by atoms with Crippen molar-refractivity contribution in [1.29, 1.82) is 0 Å². The molecule has 1 N–H and O–H groups in total. The molecule has 2 aliphatic rings. The molecular formula is C14H24N2O3. The van der Waals surface area contributed by atoms with Crippen LogP contribution in [0.3, 0.4) is 0 Å². The molecule has 0 bridgehead atoms. The maximum Gasteiger partial charge on any atom is 0.245 e. The molecule has 0 spiro atoms. The van der Waals surface area contributed by atoms with Crippen LogP contribution in [0, 0.1) is 5.92 Å². The van der Waals surface area contributed by atoms with E-state index in [1.807, 2.05) is 20.8 Å². The molecule has 2 aliphatic heterocycles. The van der Waals surface area contributed by atoms with E-state index >= 15 is 0 Å². The van der Waals surface area contributed by atoms with E-state index < -0.39 is 0 Å². The van der Waals surface area contributed by atoms with E-state index in [1.165, 1.54) is 0 Å². The Balaban J connectivity index is 2.15. The van der Waals surface area contributed by atoms with Crippen molar-refractivity contribution in [1.82, 2.24) is 10.2 Å². The maximum absolute atomic E-state index is 12.5. The van der Waals surface area contributed by atoms with E-state index in [2.05, 4.69) is 5.32 Å². The molecule has 2 heterocycles. The maximum atomic E-state index is 12.5. The summed E-state index contributed by atoms with van der Waals surface area (Å²) in [5.41, 5.74) is 0. The van der Waals surface area contributed by atoms with Crippen LogP contribution in [0.1, 0.15) is 40.0 Å². The van der Waals surface area contributed by atoms with Gasteiger partial charge in [-0.2, -0.15) is 0 Å². The third-order valence-electron chi connectivity index (χ3n) is 3.97. The molecule has 0 aromatic carbocycles. The molecule has 2 saturated heterocycles. The average molecular weight is 268 g/mol. The van der Waals surface area contributed by atoms with E-state index in [-0.39, 0.29) is 35.9 Å². The number of nitrogens with one attached hydrogen (secondary N) is 1. The fraction of sp³-hybridized carbons (Fsp3) is 0.857. The standard InChI is InChI=1S/C14H24N2O3/c1-4-11-14(18)16(8-10-6-5-7-19-10)12(9(2)3)13(17)15-11/h9-12H,4-8H2,1-3H3,(H,15,17). The zero-order chi connectivity index (χ0) is 14.0. The Labute approximate surface area is 114 Å². The Bertz CT molecular complexity index is 351. The van der Waals surface area contributed by atoms with Crippen molar-refractivity contribution < 1.29 is 14.3 Å². The van der Waals surface area contributed by atoms with Gasteiger partial charge in [-0.3, -0.25) is 9.59 Å². The monoisotopic (exact) mass is 268 g/mol. The zero-order valence-corrected chi connectivity index (χ0v) is 12.0. The number of hydrogen-bond donors (Lipinski definition) is 1. The summed E-state index contributed by atoms with van der Waals surface area (Å²) < 4.78 is 5.61. The minimum Gasteiger partial charge on any atom is -0.376 e. The van der Waals surface area contributed by atoms with Gasteiger partial charge in [0, 0.05) is 13.2 Å². The number of rotatable bonds is 4. The molecule has 3 atom stereocenters. The van der Waals surface area contributed by atoms with E-state index in [0.717, 1.165) is 19.4 Å². The van der Waals surface area contributed by atoms with Crippen molar-refractivity contribution >= 4 is 11.8 Å². The lowest BCUT2D eigenvalue weighted by Crippen LogP contribution is -2.65. The third-order valence-corrected chi connectivity index (χ3v) is 3.97. The molecular weight excluding hydrogens is 244 g/mol. The van der Waals surface area contributed by atoms with Crippen molar-refractivity contribution in [3.05, 3.63) is 0 Å². The summed E-state index contributed by atoms with van der Waals surface area (Å²) in [6.07, 6.45) is 2.75. The second-order valence-electron chi connectivity index (χ2n) is 5.78. The number of carbonyl (C=O) groups is 2. The van der Waals surface area contributed by atoms with Crippen LogP contribution in [0.2, 0.25) is 0 Å². The summed E-state index contributed by atoms with van der Waals surface area (Å²) >= 11 is 0. The average Bonchev–Trinajstić information content (AvgIpc) is 2.85. The number of amides is 2. The molecule has 0 saturated carbocycles. The van der Waals surface area contributed by atoms with Crippen molar-refractivity contribution in [2.75, 3.05) is 13.2 Å². The van der Waals surface area contributed by atoms with Gasteiger partial charge in [-0.1, -0.05) is 20.8 Å². The molecule has 5 heteroatoms. The van der Waals surface area contributed by atoms with E-state index in [0.29, 0.717) is 13.0 Å². The lowest BCUT2D eigenvalue weighted by molar-refractivity contribution is -0.153. The van der Waals surface area contributed by atoms with Gasteiger partial charge in [0.05, 0.1) is 6.10 Å². The highest BCUT2D eigenvalue weighted by Gasteiger charge is 2.42. The number of piperazine rings is 1. The Morgan fingerprint density at radius 2 is 2.16 bits per heavy atom. The minimum atomic E-state index is -0.371. The van der Waals surface area contributed by atoms with Crippen LogP contribution in [-0.4, -0.2) is 48.1 Å². The Morgan fingerprint density at radius 3 is 2.68 bits per heavy atom. The van der Waals surface area contributed by atoms with E-state index in [4.69, 9.17) is 4.74 Å². The molecule has 108 valence electrons. The summed E-state index contributed by atoms with van der Waals surface area (Å²) in [4.78, 5) is 26.4. The molecule has 0 aliphatic carbocycles. The normalized spacial score (nSPS) is 32.0. The second kappa shape index (κ2) is 5.90. The number of carbonyl (C=O) groups excluding carboxylic acids is 2. The van der Waals surface area contributed by atoms with Gasteiger partial charge in [-0.05, 0) is 25.2 Å². The van der Waals surface area contributed by atoms with Gasteiger partial charge in [-0.25, -0.2) is 0 Å². The molecule has 0 aromatic heterocycles. The van der Waals surface area contributed by atoms with Crippen LogP contribution in [0.4, 0.5) is 0 Å². The molecule has 5 nitrogen and oxygen atoms in total. The second-order valence-corrected chi connectivity index (χ2v) is 5.78. The molecule has 2 rings (SSSR count). The van der Waals surface area contributed by atoms with E-state index in [1.54, 1.807) is 4.90 Å². The summed E-state index contributed by atoms with van der Waals surface area (Å²) in [5, 5.41) is 2.83. The van der Waals surface area contributed by atoms with Crippen LogP contribution < -0.4 is 5.32 Å². The topological polar surface area (TPSA) is 58.6 Å². The first-order valence-electron chi connectivity index (χ1n) is 7.27. The lowest BCUT2D eigenvalue weighted by Gasteiger charge is -2.41. The highest BCUT2D eigenvalue weighted by Crippen LogP contribution is 2.22. The number of nitrogens with zero attached hydrogens (tertiary/aromatic N) is 1. The van der Waals surface area contributed by atoms with Crippen molar-refractivity contribution in [3.8, 4) is 0 Å². The molecule has 3 unspecified atom stereocenters. The molecule has 0 radical (unpaired) electrons. The fourth-order valence-electron chi connectivity index (χ4n) is 2.95. The van der Waals surface area contributed by atoms with Gasteiger partial charge in [0.2, 0.25) is 11.8 Å². The molecule has 2 fully saturated rings. The largest absolute Gasteiger partial charge is 0.376 e. The number of ether oxygens (including phenoxy) is 1. The molecule has 0 aromatic rings. The van der Waals surface area contributed by atoms with Gasteiger partial charge in [0.25, 0.3) is 0 Å². The SMILES string of the molecule is CCC1NC(=O)C(C(C)C)N(CC2CCCO2)C1=O. The summed E-state index contributed by atoms with van der Waals surface area (Å²) in [7, 11) is 0. The highest BCUT2D eigenvalue weighted by molar-refractivity contribution is 5.97. The van der Waals surface area contributed by atoms with Crippen LogP contribution in [0.15, 0.2) is 0 Å². The van der Waals surface area contributed by atoms with Crippen molar-refractivity contribution in [3.63, 3.8) is 0 Å². The lowest BCUT2D eigenvalue weighted by atomic mass is 9.95. The fourth-order valence-corrected chi connectivity index (χ4v) is 2.95. The summed E-state index contributed by atoms with van der Waals surface area (Å²) in [5.74, 6) is 0.124. The first kappa shape index (κ1) is 14.3. The van der Waals surface area contributed by atoms with Crippen LogP contribution in [-0.2, 0) is 14.3 Å². The predicted octanol–water partition coefficient (Wildman–Crippen LogP) is 0.927. The summed E-state index contributed by atoms with van der Waals surface area (Å²) in [6, 6.07) is -0.733. The van der Waals surface area contributed by atoms with Gasteiger partial charge in [0.15, 0.2) is 0 Å². The van der Waals surface area contributed by atoms with Crippen LogP contribution >= 0.6 is 0 Å². The van der Waals surface area contributed by atoms with Crippen LogP contribution in [0.5, 0.6) is 0 Å². The Morgan fingerprint density at radius 1 is 1.42 bits per heavy atom. The first-order valence-corrected chi connectivity index (χ1v) is 7.27. The third kappa shape index (κ3) is 2.91. The van der Waals surface area contributed by atoms with Gasteiger partial charge >= 0.3 is 0 Å². The van der Waals surface area contributed by atoms with E-state index in [9.17, 15) is 9.59 Å². The Hall–Kier alpha value is -1.10. The van der Waals surface area contributed by atoms with Crippen molar-refractivity contribution in [2.45, 2.75) is 58.2 Å². The minimum absolute atomic E-state index is 0.0283. The van der Waals surface area contributed by atoms with Crippen LogP contribution in [0.25, 0.3) is 0 Å². The first-order chi connectivity index (χ1) is 9.04. The van der Waals surface area contributed by atoms with Crippen molar-refractivity contribution in [2.24, 2.45) is 5.92 Å². The predicted molar refractivity (Wildman–Crippen MR) is 71.5 cm³/mol. The smallest absolute Gasteiger partial charge is 0.245 e. The van der Waals surface area contributed by atoms with Gasteiger partial charge < -0.3 is 15.0 Å². The van der Waals surface area contributed by atoms with Gasteiger partial charge in [-0.15, -0.1) is 0 Å². The molecule has 2 amide bonds. The summed E-state index contributed by atoms with van der Waals surface area (Å²) in [6.45, 7) is 7.19. The van der Waals surface area contributed by atoms with Gasteiger partial charge in [0.1, 0.15) is 12.1 Å². The molecule has 19 heavy (non-hydrogen) atoms.